The highest BCUT2D eigenvalue weighted by atomic mass is 16.6. The number of Topliss-reactive ketones (excluding diaryl/α,β-unsaturated/α-hetero) is 1. The fourth-order valence-corrected chi connectivity index (χ4v) is 1.98. The zero-order chi connectivity index (χ0) is 19.0. The van der Waals surface area contributed by atoms with E-state index >= 15 is 0 Å². The van der Waals surface area contributed by atoms with E-state index in [1.165, 1.54) is 30.3 Å². The van der Waals surface area contributed by atoms with Crippen LogP contribution in [0.4, 0.5) is 5.69 Å². The van der Waals surface area contributed by atoms with Gasteiger partial charge in [0.25, 0.3) is 5.69 Å². The van der Waals surface area contributed by atoms with Crippen molar-refractivity contribution >= 4 is 23.5 Å². The molecule has 0 radical (unpaired) electrons. The maximum atomic E-state index is 12.4. The number of carbonyl (C=O) groups is 2. The van der Waals surface area contributed by atoms with Crippen LogP contribution in [0, 0.1) is 10.1 Å². The SMILES string of the molecule is CC(C)(C)OC(=O)/C(=C\c1ccc([N+](=O)[O-])cc1)C(=O)CCCCO. The van der Waals surface area contributed by atoms with Crippen LogP contribution in [0.2, 0.25) is 0 Å². The number of rotatable bonds is 8. The van der Waals surface area contributed by atoms with Crippen LogP contribution in [-0.2, 0) is 14.3 Å². The molecule has 1 rings (SSSR count). The Hall–Kier alpha value is -2.54. The van der Waals surface area contributed by atoms with Crippen LogP contribution in [0.5, 0.6) is 0 Å². The molecule has 0 amide bonds. The van der Waals surface area contributed by atoms with Crippen LogP contribution in [0.3, 0.4) is 0 Å². The lowest BCUT2D eigenvalue weighted by atomic mass is 10.0. The van der Waals surface area contributed by atoms with Gasteiger partial charge in [0.05, 0.1) is 4.92 Å². The average Bonchev–Trinajstić information content (AvgIpc) is 2.51. The van der Waals surface area contributed by atoms with Gasteiger partial charge in [-0.05, 0) is 57.4 Å². The van der Waals surface area contributed by atoms with Gasteiger partial charge in [0.1, 0.15) is 11.2 Å². The highest BCUT2D eigenvalue weighted by Crippen LogP contribution is 2.19. The van der Waals surface area contributed by atoms with Gasteiger partial charge >= 0.3 is 5.97 Å². The Bertz CT molecular complexity index is 655. The number of ketones is 1. The van der Waals surface area contributed by atoms with Crippen molar-refractivity contribution in [1.82, 2.24) is 0 Å². The second kappa shape index (κ2) is 9.08. The summed E-state index contributed by atoms with van der Waals surface area (Å²) in [7, 11) is 0. The van der Waals surface area contributed by atoms with E-state index in [0.717, 1.165) is 0 Å². The number of aliphatic hydroxyl groups is 1. The molecule has 25 heavy (non-hydrogen) atoms. The summed E-state index contributed by atoms with van der Waals surface area (Å²) in [6.07, 6.45) is 2.40. The third-order valence-corrected chi connectivity index (χ3v) is 3.15. The molecular weight excluding hydrogens is 326 g/mol. The number of benzene rings is 1. The summed E-state index contributed by atoms with van der Waals surface area (Å²) in [5.74, 6) is -1.12. The van der Waals surface area contributed by atoms with Gasteiger partial charge in [-0.1, -0.05) is 0 Å². The fraction of sp³-hybridized carbons (Fsp3) is 0.444. The van der Waals surface area contributed by atoms with Crippen molar-refractivity contribution in [2.45, 2.75) is 45.6 Å². The lowest BCUT2D eigenvalue weighted by Crippen LogP contribution is -2.27. The summed E-state index contributed by atoms with van der Waals surface area (Å²) in [6.45, 7) is 5.07. The van der Waals surface area contributed by atoms with Gasteiger partial charge < -0.3 is 9.84 Å². The maximum Gasteiger partial charge on any atom is 0.342 e. The number of non-ortho nitro benzene ring substituents is 1. The molecule has 0 saturated heterocycles. The summed E-state index contributed by atoms with van der Waals surface area (Å²) < 4.78 is 5.28. The number of esters is 1. The van der Waals surface area contributed by atoms with Crippen molar-refractivity contribution in [1.29, 1.82) is 0 Å². The number of hydrogen-bond acceptors (Lipinski definition) is 6. The molecule has 0 bridgehead atoms. The Morgan fingerprint density at radius 1 is 1.20 bits per heavy atom. The number of carbonyl (C=O) groups excluding carboxylic acids is 2. The highest BCUT2D eigenvalue weighted by molar-refractivity contribution is 6.20. The summed E-state index contributed by atoms with van der Waals surface area (Å²) >= 11 is 0. The van der Waals surface area contributed by atoms with E-state index in [2.05, 4.69) is 0 Å². The molecule has 0 aromatic heterocycles. The minimum Gasteiger partial charge on any atom is -0.456 e. The monoisotopic (exact) mass is 349 g/mol. The molecular formula is C18H23NO6. The van der Waals surface area contributed by atoms with Crippen LogP contribution in [-0.4, -0.2) is 34.0 Å². The van der Waals surface area contributed by atoms with Crippen molar-refractivity contribution in [2.75, 3.05) is 6.61 Å². The molecule has 0 aliphatic carbocycles. The molecule has 0 saturated carbocycles. The minimum atomic E-state index is -0.753. The predicted octanol–water partition coefficient (Wildman–Crippen LogP) is 3.05. The van der Waals surface area contributed by atoms with E-state index in [0.29, 0.717) is 18.4 Å². The first-order chi connectivity index (χ1) is 11.6. The van der Waals surface area contributed by atoms with Crippen molar-refractivity contribution < 1.29 is 24.4 Å². The van der Waals surface area contributed by atoms with E-state index < -0.39 is 16.5 Å². The predicted molar refractivity (Wildman–Crippen MR) is 92.9 cm³/mol. The summed E-state index contributed by atoms with van der Waals surface area (Å²) in [5, 5.41) is 19.5. The third-order valence-electron chi connectivity index (χ3n) is 3.15. The van der Waals surface area contributed by atoms with Gasteiger partial charge in [-0.3, -0.25) is 14.9 Å². The highest BCUT2D eigenvalue weighted by Gasteiger charge is 2.24. The normalized spacial score (nSPS) is 11.9. The largest absolute Gasteiger partial charge is 0.456 e. The van der Waals surface area contributed by atoms with Gasteiger partial charge in [-0.15, -0.1) is 0 Å². The van der Waals surface area contributed by atoms with Crippen LogP contribution < -0.4 is 0 Å². The van der Waals surface area contributed by atoms with E-state index in [9.17, 15) is 19.7 Å². The number of unbranched alkanes of at least 4 members (excludes halogenated alkanes) is 1. The zero-order valence-corrected chi connectivity index (χ0v) is 14.7. The van der Waals surface area contributed by atoms with Crippen LogP contribution in [0.15, 0.2) is 29.8 Å². The second-order valence-electron chi connectivity index (χ2n) is 6.51. The lowest BCUT2D eigenvalue weighted by Gasteiger charge is -2.20. The van der Waals surface area contributed by atoms with Crippen LogP contribution in [0.25, 0.3) is 6.08 Å². The Morgan fingerprint density at radius 3 is 2.28 bits per heavy atom. The summed E-state index contributed by atoms with van der Waals surface area (Å²) in [4.78, 5) is 34.9. The van der Waals surface area contributed by atoms with E-state index in [4.69, 9.17) is 9.84 Å². The Kier molecular flexibility index (Phi) is 7.44. The van der Waals surface area contributed by atoms with Gasteiger partial charge in [0.15, 0.2) is 5.78 Å². The molecule has 0 atom stereocenters. The number of ether oxygens (including phenoxy) is 1. The van der Waals surface area contributed by atoms with Crippen molar-refractivity contribution in [3.63, 3.8) is 0 Å². The topological polar surface area (TPSA) is 107 Å². The quantitative estimate of drug-likeness (QED) is 0.147. The number of nitrogens with zero attached hydrogens (tertiary/aromatic N) is 1. The molecule has 0 aliphatic heterocycles. The fourth-order valence-electron chi connectivity index (χ4n) is 1.98. The zero-order valence-electron chi connectivity index (χ0n) is 14.7. The molecule has 136 valence electrons. The third kappa shape index (κ3) is 7.26. The molecule has 7 heteroatoms. The Balaban J connectivity index is 3.09. The van der Waals surface area contributed by atoms with E-state index in [1.807, 2.05) is 0 Å². The Morgan fingerprint density at radius 2 is 1.80 bits per heavy atom. The molecule has 1 aromatic carbocycles. The maximum absolute atomic E-state index is 12.4. The molecule has 7 nitrogen and oxygen atoms in total. The van der Waals surface area contributed by atoms with Crippen molar-refractivity contribution in [2.24, 2.45) is 0 Å². The van der Waals surface area contributed by atoms with Gasteiger partial charge in [0, 0.05) is 25.2 Å². The van der Waals surface area contributed by atoms with Crippen LogP contribution >= 0.6 is 0 Å². The first-order valence-electron chi connectivity index (χ1n) is 7.97. The van der Waals surface area contributed by atoms with Crippen molar-refractivity contribution in [3.8, 4) is 0 Å². The molecule has 0 unspecified atom stereocenters. The molecule has 0 heterocycles. The number of aliphatic hydroxyl groups excluding tert-OH is 1. The van der Waals surface area contributed by atoms with Gasteiger partial charge in [0.2, 0.25) is 0 Å². The first kappa shape index (κ1) is 20.5. The van der Waals surface area contributed by atoms with Gasteiger partial charge in [-0.2, -0.15) is 0 Å². The molecule has 1 N–H and O–H groups in total. The first-order valence-corrected chi connectivity index (χ1v) is 7.97. The summed E-state index contributed by atoms with van der Waals surface area (Å²) in [5.41, 5.74) is -0.453. The number of nitro groups is 1. The lowest BCUT2D eigenvalue weighted by molar-refractivity contribution is -0.384. The van der Waals surface area contributed by atoms with Crippen molar-refractivity contribution in [3.05, 3.63) is 45.5 Å². The molecule has 0 aliphatic rings. The minimum absolute atomic E-state index is 0.0267. The molecule has 0 fully saturated rings. The average molecular weight is 349 g/mol. The van der Waals surface area contributed by atoms with E-state index in [1.54, 1.807) is 20.8 Å². The number of hydrogen-bond donors (Lipinski definition) is 1. The number of nitro benzene ring substituents is 1. The second-order valence-corrected chi connectivity index (χ2v) is 6.51. The standard InChI is InChI=1S/C18H23NO6/c1-18(2,3)25-17(22)15(16(21)6-4-5-11-20)12-13-7-9-14(10-8-13)19(23)24/h7-10,12,20H,4-6,11H2,1-3H3/b15-12-. The smallest absolute Gasteiger partial charge is 0.342 e. The van der Waals surface area contributed by atoms with Gasteiger partial charge in [-0.25, -0.2) is 4.79 Å². The Labute approximate surface area is 146 Å². The summed E-state index contributed by atoms with van der Waals surface area (Å²) in [6, 6.07) is 5.52. The molecule has 0 spiro atoms. The van der Waals surface area contributed by atoms with E-state index in [-0.39, 0.29) is 30.1 Å². The van der Waals surface area contributed by atoms with Crippen LogP contribution in [0.1, 0.15) is 45.6 Å². The molecule has 1 aromatic rings.